The fraction of sp³-hybridized carbons (Fsp3) is 0.211. The number of nitrogens with one attached hydrogen (secondary N) is 1. The third-order valence-electron chi connectivity index (χ3n) is 3.75. The monoisotopic (exact) mass is 377 g/mol. The number of hydrogen-bond acceptors (Lipinski definition) is 5. The van der Waals surface area contributed by atoms with Crippen LogP contribution >= 0.6 is 0 Å². The zero-order chi connectivity index (χ0) is 20.0. The van der Waals surface area contributed by atoms with E-state index in [0.29, 0.717) is 5.56 Å². The SMILES string of the molecule is Cc1cccc(C(=O)OCC(=O)NC(=O)c2ccc(OC(F)F)cc2)c1C. The number of aryl methyl sites for hydroxylation is 1. The van der Waals surface area contributed by atoms with Crippen molar-refractivity contribution >= 4 is 17.8 Å². The van der Waals surface area contributed by atoms with Crippen LogP contribution in [0.3, 0.4) is 0 Å². The number of rotatable bonds is 6. The summed E-state index contributed by atoms with van der Waals surface area (Å²) in [6, 6.07) is 9.92. The van der Waals surface area contributed by atoms with Crippen molar-refractivity contribution in [3.63, 3.8) is 0 Å². The van der Waals surface area contributed by atoms with E-state index in [-0.39, 0.29) is 11.3 Å². The average Bonchev–Trinajstić information content (AvgIpc) is 2.62. The fourth-order valence-electron chi connectivity index (χ4n) is 2.20. The normalized spacial score (nSPS) is 10.4. The summed E-state index contributed by atoms with van der Waals surface area (Å²) in [7, 11) is 0. The molecule has 2 amide bonds. The van der Waals surface area contributed by atoms with Gasteiger partial charge in [0.15, 0.2) is 6.61 Å². The van der Waals surface area contributed by atoms with Gasteiger partial charge < -0.3 is 9.47 Å². The Balaban J connectivity index is 1.88. The van der Waals surface area contributed by atoms with E-state index >= 15 is 0 Å². The lowest BCUT2D eigenvalue weighted by Gasteiger charge is -2.09. The first-order valence-electron chi connectivity index (χ1n) is 7.90. The predicted octanol–water partition coefficient (Wildman–Crippen LogP) is 3.02. The topological polar surface area (TPSA) is 81.7 Å². The van der Waals surface area contributed by atoms with E-state index in [9.17, 15) is 23.2 Å². The molecule has 0 atom stereocenters. The summed E-state index contributed by atoms with van der Waals surface area (Å²) < 4.78 is 33.3. The third kappa shape index (κ3) is 5.60. The minimum absolute atomic E-state index is 0.0609. The van der Waals surface area contributed by atoms with Crippen LogP contribution in [-0.2, 0) is 9.53 Å². The number of ether oxygens (including phenoxy) is 2. The molecule has 0 unspecified atom stereocenters. The average molecular weight is 377 g/mol. The molecule has 2 rings (SSSR count). The summed E-state index contributed by atoms with van der Waals surface area (Å²) in [5, 5.41) is 2.05. The van der Waals surface area contributed by atoms with E-state index in [2.05, 4.69) is 4.74 Å². The van der Waals surface area contributed by atoms with Crippen molar-refractivity contribution in [3.8, 4) is 5.75 Å². The van der Waals surface area contributed by atoms with Crippen molar-refractivity contribution in [1.29, 1.82) is 0 Å². The molecule has 0 bridgehead atoms. The van der Waals surface area contributed by atoms with E-state index in [0.717, 1.165) is 11.1 Å². The van der Waals surface area contributed by atoms with Gasteiger partial charge >= 0.3 is 12.6 Å². The van der Waals surface area contributed by atoms with Gasteiger partial charge in [0.2, 0.25) is 0 Å². The number of esters is 1. The highest BCUT2D eigenvalue weighted by molar-refractivity contribution is 6.05. The molecule has 6 nitrogen and oxygen atoms in total. The van der Waals surface area contributed by atoms with Crippen molar-refractivity contribution in [2.75, 3.05) is 6.61 Å². The molecule has 2 aromatic rings. The van der Waals surface area contributed by atoms with Gasteiger partial charge in [-0.05, 0) is 55.3 Å². The Labute approximate surface area is 154 Å². The van der Waals surface area contributed by atoms with Gasteiger partial charge in [-0.25, -0.2) is 4.79 Å². The summed E-state index contributed by atoms with van der Waals surface area (Å²) >= 11 is 0. The van der Waals surface area contributed by atoms with Gasteiger partial charge in [0.05, 0.1) is 5.56 Å². The number of carbonyl (C=O) groups is 3. The maximum atomic E-state index is 12.1. The highest BCUT2D eigenvalue weighted by Gasteiger charge is 2.16. The molecule has 0 aliphatic carbocycles. The molecule has 0 aromatic heterocycles. The first kappa shape index (κ1) is 20.0. The third-order valence-corrected chi connectivity index (χ3v) is 3.75. The molecule has 1 N–H and O–H groups in total. The Bertz CT molecular complexity index is 850. The summed E-state index contributed by atoms with van der Waals surface area (Å²) in [5.74, 6) is -2.36. The van der Waals surface area contributed by atoms with E-state index in [1.54, 1.807) is 19.1 Å². The molecule has 142 valence electrons. The molecule has 0 radical (unpaired) electrons. The molecular formula is C19H17F2NO5. The molecular weight excluding hydrogens is 360 g/mol. The van der Waals surface area contributed by atoms with Crippen molar-refractivity contribution in [1.82, 2.24) is 5.32 Å². The highest BCUT2D eigenvalue weighted by atomic mass is 19.3. The van der Waals surface area contributed by atoms with Crippen LogP contribution in [0.4, 0.5) is 8.78 Å². The lowest BCUT2D eigenvalue weighted by molar-refractivity contribution is -0.123. The Morgan fingerprint density at radius 1 is 1.04 bits per heavy atom. The second kappa shape index (κ2) is 8.88. The van der Waals surface area contributed by atoms with Gasteiger partial charge in [0.1, 0.15) is 5.75 Å². The molecule has 0 spiro atoms. The molecule has 0 saturated carbocycles. The van der Waals surface area contributed by atoms with Crippen molar-refractivity contribution in [3.05, 3.63) is 64.7 Å². The predicted molar refractivity (Wildman–Crippen MR) is 91.7 cm³/mol. The van der Waals surface area contributed by atoms with Gasteiger partial charge in [-0.2, -0.15) is 8.78 Å². The Morgan fingerprint density at radius 3 is 2.33 bits per heavy atom. The smallest absolute Gasteiger partial charge is 0.387 e. The number of amides is 2. The highest BCUT2D eigenvalue weighted by Crippen LogP contribution is 2.15. The second-order valence-electron chi connectivity index (χ2n) is 5.60. The van der Waals surface area contributed by atoms with Crippen LogP contribution in [0.5, 0.6) is 5.75 Å². The number of benzene rings is 2. The van der Waals surface area contributed by atoms with E-state index in [4.69, 9.17) is 4.74 Å². The minimum atomic E-state index is -2.97. The minimum Gasteiger partial charge on any atom is -0.452 e. The summed E-state index contributed by atoms with van der Waals surface area (Å²) in [6.07, 6.45) is 0. The van der Waals surface area contributed by atoms with Gasteiger partial charge in [0.25, 0.3) is 11.8 Å². The van der Waals surface area contributed by atoms with E-state index < -0.39 is 31.0 Å². The van der Waals surface area contributed by atoms with Gasteiger partial charge in [0, 0.05) is 5.56 Å². The molecule has 0 aliphatic heterocycles. The van der Waals surface area contributed by atoms with E-state index in [1.165, 1.54) is 24.3 Å². The molecule has 0 aliphatic rings. The fourth-order valence-corrected chi connectivity index (χ4v) is 2.20. The van der Waals surface area contributed by atoms with Crippen molar-refractivity contribution in [2.24, 2.45) is 0 Å². The van der Waals surface area contributed by atoms with Gasteiger partial charge in [-0.3, -0.25) is 14.9 Å². The van der Waals surface area contributed by atoms with Crippen LogP contribution < -0.4 is 10.1 Å². The Kier molecular flexibility index (Phi) is 6.59. The van der Waals surface area contributed by atoms with Crippen LogP contribution in [-0.4, -0.2) is 31.0 Å². The lowest BCUT2D eigenvalue weighted by Crippen LogP contribution is -2.34. The molecule has 0 saturated heterocycles. The summed E-state index contributed by atoms with van der Waals surface area (Å²) in [4.78, 5) is 35.8. The zero-order valence-electron chi connectivity index (χ0n) is 14.6. The number of alkyl halides is 2. The molecule has 0 heterocycles. The Morgan fingerprint density at radius 2 is 1.70 bits per heavy atom. The van der Waals surface area contributed by atoms with Gasteiger partial charge in [-0.1, -0.05) is 12.1 Å². The molecule has 8 heteroatoms. The van der Waals surface area contributed by atoms with Crippen molar-refractivity contribution in [2.45, 2.75) is 20.5 Å². The number of carbonyl (C=O) groups excluding carboxylic acids is 3. The van der Waals surface area contributed by atoms with Crippen LogP contribution in [0.25, 0.3) is 0 Å². The zero-order valence-corrected chi connectivity index (χ0v) is 14.6. The summed E-state index contributed by atoms with van der Waals surface area (Å²) in [6.45, 7) is -0.00526. The maximum Gasteiger partial charge on any atom is 0.387 e. The van der Waals surface area contributed by atoms with Crippen LogP contribution in [0, 0.1) is 13.8 Å². The number of halogens is 2. The number of imide groups is 1. The molecule has 27 heavy (non-hydrogen) atoms. The largest absolute Gasteiger partial charge is 0.452 e. The first-order valence-corrected chi connectivity index (χ1v) is 7.90. The second-order valence-corrected chi connectivity index (χ2v) is 5.60. The Hall–Kier alpha value is -3.29. The van der Waals surface area contributed by atoms with Crippen molar-refractivity contribution < 1.29 is 32.6 Å². The lowest BCUT2D eigenvalue weighted by atomic mass is 10.0. The van der Waals surface area contributed by atoms with Crippen LogP contribution in [0.15, 0.2) is 42.5 Å². The van der Waals surface area contributed by atoms with Gasteiger partial charge in [-0.15, -0.1) is 0 Å². The quantitative estimate of drug-likeness (QED) is 0.783. The van der Waals surface area contributed by atoms with Crippen LogP contribution in [0.1, 0.15) is 31.8 Å². The first-order chi connectivity index (χ1) is 12.8. The number of hydrogen-bond donors (Lipinski definition) is 1. The summed E-state index contributed by atoms with van der Waals surface area (Å²) in [5.41, 5.74) is 2.04. The standard InChI is InChI=1S/C19H17F2NO5/c1-11-4-3-5-15(12(11)2)18(25)26-10-16(23)22-17(24)13-6-8-14(9-7-13)27-19(20)21/h3-9,19H,10H2,1-2H3,(H,22,23,24). The maximum absolute atomic E-state index is 12.1. The van der Waals surface area contributed by atoms with E-state index in [1.807, 2.05) is 18.3 Å². The molecule has 2 aromatic carbocycles. The van der Waals surface area contributed by atoms with Crippen LogP contribution in [0.2, 0.25) is 0 Å². The molecule has 0 fully saturated rings.